The number of aromatic nitrogens is 2. The van der Waals surface area contributed by atoms with Gasteiger partial charge < -0.3 is 5.32 Å². The monoisotopic (exact) mass is 293 g/mol. The van der Waals surface area contributed by atoms with E-state index in [4.69, 9.17) is 0 Å². The van der Waals surface area contributed by atoms with Crippen molar-refractivity contribution in [1.29, 1.82) is 0 Å². The van der Waals surface area contributed by atoms with Crippen LogP contribution in [-0.4, -0.2) is 26.7 Å². The number of nitrogens with one attached hydrogen (secondary N) is 1. The predicted molar refractivity (Wildman–Crippen MR) is 59.0 cm³/mol. The number of alkyl halides is 1. The molecule has 13 heavy (non-hydrogen) atoms. The molecule has 0 aromatic carbocycles. The van der Waals surface area contributed by atoms with Gasteiger partial charge in [0.25, 0.3) is 5.91 Å². The SMILES string of the molecule is Cn1ccc(C(=O)NCCCI)n1. The van der Waals surface area contributed by atoms with E-state index in [1.165, 1.54) is 0 Å². The molecule has 0 bridgehead atoms. The molecule has 1 amide bonds. The van der Waals surface area contributed by atoms with Gasteiger partial charge in [-0.3, -0.25) is 9.48 Å². The molecule has 1 aromatic rings. The normalized spacial score (nSPS) is 10.0. The average molecular weight is 293 g/mol. The number of hydrogen-bond donors (Lipinski definition) is 1. The van der Waals surface area contributed by atoms with Crippen molar-refractivity contribution in [3.05, 3.63) is 18.0 Å². The van der Waals surface area contributed by atoms with Gasteiger partial charge in [0.1, 0.15) is 5.69 Å². The molecule has 4 nitrogen and oxygen atoms in total. The molecular weight excluding hydrogens is 281 g/mol. The second-order valence-corrected chi connectivity index (χ2v) is 3.75. The van der Waals surface area contributed by atoms with Crippen LogP contribution < -0.4 is 5.32 Å². The summed E-state index contributed by atoms with van der Waals surface area (Å²) in [4.78, 5) is 11.3. The van der Waals surface area contributed by atoms with Crippen LogP contribution in [0.3, 0.4) is 0 Å². The summed E-state index contributed by atoms with van der Waals surface area (Å²) in [6.45, 7) is 0.721. The molecule has 1 aromatic heterocycles. The third kappa shape index (κ3) is 3.33. The summed E-state index contributed by atoms with van der Waals surface area (Å²) in [7, 11) is 1.79. The minimum absolute atomic E-state index is 0.0922. The molecule has 72 valence electrons. The first kappa shape index (κ1) is 10.5. The second kappa shape index (κ2) is 5.21. The van der Waals surface area contributed by atoms with E-state index in [0.717, 1.165) is 17.4 Å². The summed E-state index contributed by atoms with van der Waals surface area (Å²) in [6, 6.07) is 1.71. The maximum Gasteiger partial charge on any atom is 0.271 e. The molecule has 1 N–H and O–H groups in total. The second-order valence-electron chi connectivity index (χ2n) is 2.67. The van der Waals surface area contributed by atoms with Gasteiger partial charge in [-0.15, -0.1) is 0 Å². The Morgan fingerprint density at radius 3 is 3.08 bits per heavy atom. The maximum atomic E-state index is 11.3. The van der Waals surface area contributed by atoms with E-state index in [-0.39, 0.29) is 5.91 Å². The van der Waals surface area contributed by atoms with Gasteiger partial charge in [-0.05, 0) is 12.5 Å². The van der Waals surface area contributed by atoms with Crippen LogP contribution in [-0.2, 0) is 7.05 Å². The van der Waals surface area contributed by atoms with E-state index in [2.05, 4.69) is 33.0 Å². The van der Waals surface area contributed by atoms with Gasteiger partial charge >= 0.3 is 0 Å². The quantitative estimate of drug-likeness (QED) is 0.511. The minimum Gasteiger partial charge on any atom is -0.351 e. The van der Waals surface area contributed by atoms with Gasteiger partial charge in [0.05, 0.1) is 0 Å². The Bertz CT molecular complexity index is 285. The summed E-state index contributed by atoms with van der Waals surface area (Å²) in [5.74, 6) is -0.0922. The molecule has 1 heterocycles. The zero-order valence-corrected chi connectivity index (χ0v) is 9.61. The van der Waals surface area contributed by atoms with Crippen molar-refractivity contribution in [3.63, 3.8) is 0 Å². The molecule has 5 heteroatoms. The zero-order chi connectivity index (χ0) is 9.68. The molecule has 1 rings (SSSR count). The van der Waals surface area contributed by atoms with Crippen LogP contribution in [0.4, 0.5) is 0 Å². The number of halogens is 1. The smallest absolute Gasteiger partial charge is 0.271 e. The molecule has 0 aliphatic rings. The van der Waals surface area contributed by atoms with Gasteiger partial charge in [0.2, 0.25) is 0 Å². The topological polar surface area (TPSA) is 46.9 Å². The summed E-state index contributed by atoms with van der Waals surface area (Å²) in [5.41, 5.74) is 0.482. The van der Waals surface area contributed by atoms with Crippen molar-refractivity contribution >= 4 is 28.5 Å². The first-order valence-electron chi connectivity index (χ1n) is 4.08. The van der Waals surface area contributed by atoms with Crippen LogP contribution >= 0.6 is 22.6 Å². The number of hydrogen-bond acceptors (Lipinski definition) is 2. The Labute approximate surface area is 90.8 Å². The van der Waals surface area contributed by atoms with E-state index in [9.17, 15) is 4.79 Å². The fraction of sp³-hybridized carbons (Fsp3) is 0.500. The first-order valence-corrected chi connectivity index (χ1v) is 5.60. The van der Waals surface area contributed by atoms with Crippen LogP contribution in [0, 0.1) is 0 Å². The molecule has 0 aliphatic heterocycles. The molecule has 0 fully saturated rings. The Morgan fingerprint density at radius 1 is 1.77 bits per heavy atom. The number of carbonyl (C=O) groups excluding carboxylic acids is 1. The highest BCUT2D eigenvalue weighted by molar-refractivity contribution is 14.1. The van der Waals surface area contributed by atoms with Crippen LogP contribution in [0.1, 0.15) is 16.9 Å². The Hall–Kier alpha value is -0.590. The lowest BCUT2D eigenvalue weighted by atomic mass is 10.4. The third-order valence-corrected chi connectivity index (χ3v) is 2.31. The molecule has 0 atom stereocenters. The number of aryl methyl sites for hydroxylation is 1. The van der Waals surface area contributed by atoms with E-state index in [0.29, 0.717) is 5.69 Å². The predicted octanol–water partition coefficient (Wildman–Crippen LogP) is 0.975. The van der Waals surface area contributed by atoms with Gasteiger partial charge in [-0.2, -0.15) is 5.10 Å². The van der Waals surface area contributed by atoms with Crippen LogP contribution in [0.25, 0.3) is 0 Å². The Morgan fingerprint density at radius 2 is 2.54 bits per heavy atom. The van der Waals surface area contributed by atoms with Crippen LogP contribution in [0.15, 0.2) is 12.3 Å². The molecule has 0 radical (unpaired) electrons. The highest BCUT2D eigenvalue weighted by atomic mass is 127. The molecular formula is C8H12IN3O. The van der Waals surface area contributed by atoms with Crippen molar-refractivity contribution in [2.75, 3.05) is 11.0 Å². The molecule has 0 saturated heterocycles. The molecule has 0 unspecified atom stereocenters. The number of rotatable bonds is 4. The van der Waals surface area contributed by atoms with Crippen LogP contribution in [0.5, 0.6) is 0 Å². The standard InChI is InChI=1S/C8H12IN3O/c1-12-6-3-7(11-12)8(13)10-5-2-4-9/h3,6H,2,4-5H2,1H3,(H,10,13). The fourth-order valence-electron chi connectivity index (χ4n) is 0.895. The number of amides is 1. The highest BCUT2D eigenvalue weighted by Gasteiger charge is 2.06. The number of nitrogens with zero attached hydrogens (tertiary/aromatic N) is 2. The minimum atomic E-state index is -0.0922. The van der Waals surface area contributed by atoms with E-state index >= 15 is 0 Å². The van der Waals surface area contributed by atoms with E-state index in [1.807, 2.05) is 0 Å². The molecule has 0 aliphatic carbocycles. The van der Waals surface area contributed by atoms with Gasteiger partial charge in [0, 0.05) is 24.2 Å². The summed E-state index contributed by atoms with van der Waals surface area (Å²) in [6.07, 6.45) is 2.76. The van der Waals surface area contributed by atoms with Gasteiger partial charge in [0.15, 0.2) is 0 Å². The third-order valence-electron chi connectivity index (χ3n) is 1.54. The van der Waals surface area contributed by atoms with Crippen molar-refractivity contribution < 1.29 is 4.79 Å². The summed E-state index contributed by atoms with van der Waals surface area (Å²) >= 11 is 2.28. The largest absolute Gasteiger partial charge is 0.351 e. The fourth-order valence-corrected chi connectivity index (χ4v) is 1.28. The summed E-state index contributed by atoms with van der Waals surface area (Å²) in [5, 5.41) is 6.79. The lowest BCUT2D eigenvalue weighted by Crippen LogP contribution is -2.25. The van der Waals surface area contributed by atoms with E-state index in [1.54, 1.807) is 24.0 Å². The molecule has 0 spiro atoms. The van der Waals surface area contributed by atoms with Gasteiger partial charge in [-0.25, -0.2) is 0 Å². The Kier molecular flexibility index (Phi) is 4.20. The highest BCUT2D eigenvalue weighted by Crippen LogP contribution is 1.94. The lowest BCUT2D eigenvalue weighted by molar-refractivity contribution is 0.0948. The maximum absolute atomic E-state index is 11.3. The molecule has 0 saturated carbocycles. The Balaban J connectivity index is 2.40. The zero-order valence-electron chi connectivity index (χ0n) is 7.46. The van der Waals surface area contributed by atoms with Crippen molar-refractivity contribution in [2.24, 2.45) is 7.05 Å². The average Bonchev–Trinajstić information content (AvgIpc) is 2.52. The van der Waals surface area contributed by atoms with Crippen molar-refractivity contribution in [1.82, 2.24) is 15.1 Å². The first-order chi connectivity index (χ1) is 6.24. The lowest BCUT2D eigenvalue weighted by Gasteiger charge is -1.99. The van der Waals surface area contributed by atoms with E-state index < -0.39 is 0 Å². The summed E-state index contributed by atoms with van der Waals surface area (Å²) < 4.78 is 2.67. The number of carbonyl (C=O) groups is 1. The van der Waals surface area contributed by atoms with Crippen molar-refractivity contribution in [2.45, 2.75) is 6.42 Å². The van der Waals surface area contributed by atoms with Crippen molar-refractivity contribution in [3.8, 4) is 0 Å². The van der Waals surface area contributed by atoms with Gasteiger partial charge in [-0.1, -0.05) is 22.6 Å². The van der Waals surface area contributed by atoms with Crippen LogP contribution in [0.2, 0.25) is 0 Å².